The van der Waals surface area contributed by atoms with Crippen LogP contribution in [0.5, 0.6) is 5.75 Å². The molecule has 1 heterocycles. The Morgan fingerprint density at radius 2 is 2.07 bits per heavy atom. The molecule has 0 spiro atoms. The number of rotatable bonds is 3. The van der Waals surface area contributed by atoms with Crippen molar-refractivity contribution in [3.05, 3.63) is 42.6 Å². The quantitative estimate of drug-likeness (QED) is 0.750. The average Bonchev–Trinajstić information content (AvgIpc) is 2.70. The Labute approximate surface area is 81.3 Å². The van der Waals surface area contributed by atoms with Gasteiger partial charge in [-0.1, -0.05) is 0 Å². The van der Waals surface area contributed by atoms with Gasteiger partial charge in [0.25, 0.3) is 0 Å². The number of hydrogen-bond acceptors (Lipinski definition) is 4. The molecular weight excluding hydrogens is 180 g/mol. The lowest BCUT2D eigenvalue weighted by Crippen LogP contribution is -1.95. The SMILES string of the molecule is Nc1ccc(OCc2ncco2)cc1. The van der Waals surface area contributed by atoms with E-state index in [1.807, 2.05) is 0 Å². The van der Waals surface area contributed by atoms with Crippen molar-refractivity contribution >= 4 is 5.69 Å². The van der Waals surface area contributed by atoms with Crippen molar-refractivity contribution in [2.24, 2.45) is 0 Å². The van der Waals surface area contributed by atoms with Gasteiger partial charge in [-0.3, -0.25) is 0 Å². The maximum absolute atomic E-state index is 5.53. The normalized spacial score (nSPS) is 10.0. The molecule has 2 rings (SSSR count). The van der Waals surface area contributed by atoms with E-state index in [0.29, 0.717) is 18.2 Å². The molecule has 1 aromatic carbocycles. The lowest BCUT2D eigenvalue weighted by Gasteiger charge is -2.02. The van der Waals surface area contributed by atoms with E-state index in [1.54, 1.807) is 30.5 Å². The van der Waals surface area contributed by atoms with Crippen molar-refractivity contribution in [2.45, 2.75) is 6.61 Å². The number of aromatic nitrogens is 1. The van der Waals surface area contributed by atoms with E-state index in [0.717, 1.165) is 5.75 Å². The van der Waals surface area contributed by atoms with Gasteiger partial charge in [0.05, 0.1) is 6.20 Å². The zero-order chi connectivity index (χ0) is 9.80. The zero-order valence-electron chi connectivity index (χ0n) is 7.51. The first kappa shape index (κ1) is 8.62. The summed E-state index contributed by atoms with van der Waals surface area (Å²) in [6, 6.07) is 7.17. The summed E-state index contributed by atoms with van der Waals surface area (Å²) in [5, 5.41) is 0. The van der Waals surface area contributed by atoms with E-state index in [1.165, 1.54) is 6.26 Å². The summed E-state index contributed by atoms with van der Waals surface area (Å²) in [6.45, 7) is 0.330. The Kier molecular flexibility index (Phi) is 2.36. The molecule has 1 aromatic heterocycles. The first-order valence-corrected chi connectivity index (χ1v) is 4.21. The first-order valence-electron chi connectivity index (χ1n) is 4.21. The van der Waals surface area contributed by atoms with Crippen LogP contribution in [0.25, 0.3) is 0 Å². The molecule has 0 aliphatic carbocycles. The van der Waals surface area contributed by atoms with Crippen LogP contribution in [0.15, 0.2) is 41.1 Å². The highest BCUT2D eigenvalue weighted by atomic mass is 16.5. The molecule has 0 atom stereocenters. The van der Waals surface area contributed by atoms with E-state index < -0.39 is 0 Å². The van der Waals surface area contributed by atoms with Crippen molar-refractivity contribution in [1.29, 1.82) is 0 Å². The Bertz CT molecular complexity index is 381. The third-order valence-corrected chi connectivity index (χ3v) is 1.73. The number of nitrogens with zero attached hydrogens (tertiary/aromatic N) is 1. The molecule has 0 radical (unpaired) electrons. The largest absolute Gasteiger partial charge is 0.484 e. The Morgan fingerprint density at radius 3 is 2.71 bits per heavy atom. The maximum atomic E-state index is 5.53. The van der Waals surface area contributed by atoms with Crippen LogP contribution in [-0.4, -0.2) is 4.98 Å². The summed E-state index contributed by atoms with van der Waals surface area (Å²) in [5.74, 6) is 1.30. The minimum Gasteiger partial charge on any atom is -0.484 e. The minimum absolute atomic E-state index is 0.330. The van der Waals surface area contributed by atoms with Gasteiger partial charge in [-0.2, -0.15) is 0 Å². The van der Waals surface area contributed by atoms with Gasteiger partial charge in [0.2, 0.25) is 5.89 Å². The Morgan fingerprint density at radius 1 is 1.29 bits per heavy atom. The molecule has 0 amide bonds. The molecule has 72 valence electrons. The van der Waals surface area contributed by atoms with Crippen molar-refractivity contribution in [1.82, 2.24) is 4.98 Å². The molecular formula is C10H10N2O2. The molecule has 0 unspecified atom stereocenters. The predicted molar refractivity (Wildman–Crippen MR) is 51.7 cm³/mol. The lowest BCUT2D eigenvalue weighted by atomic mass is 10.3. The summed E-state index contributed by atoms with van der Waals surface area (Å²) in [4.78, 5) is 3.93. The second kappa shape index (κ2) is 3.83. The maximum Gasteiger partial charge on any atom is 0.232 e. The standard InChI is InChI=1S/C10H10N2O2/c11-8-1-3-9(4-2-8)14-7-10-12-5-6-13-10/h1-6H,7,11H2. The fourth-order valence-electron chi connectivity index (χ4n) is 1.03. The zero-order valence-corrected chi connectivity index (χ0v) is 7.51. The van der Waals surface area contributed by atoms with Crippen LogP contribution in [0.3, 0.4) is 0 Å². The van der Waals surface area contributed by atoms with Gasteiger partial charge >= 0.3 is 0 Å². The minimum atomic E-state index is 0.330. The second-order valence-corrected chi connectivity index (χ2v) is 2.78. The van der Waals surface area contributed by atoms with Crippen LogP contribution in [-0.2, 0) is 6.61 Å². The van der Waals surface area contributed by atoms with Gasteiger partial charge in [0.15, 0.2) is 6.61 Å². The van der Waals surface area contributed by atoms with Gasteiger partial charge in [0, 0.05) is 5.69 Å². The summed E-state index contributed by atoms with van der Waals surface area (Å²) in [7, 11) is 0. The highest BCUT2D eigenvalue weighted by molar-refractivity contribution is 5.41. The third-order valence-electron chi connectivity index (χ3n) is 1.73. The molecule has 0 saturated carbocycles. The molecule has 4 heteroatoms. The molecule has 0 aliphatic heterocycles. The molecule has 2 aromatic rings. The number of benzene rings is 1. The van der Waals surface area contributed by atoms with Gasteiger partial charge in [-0.15, -0.1) is 0 Å². The summed E-state index contributed by atoms with van der Waals surface area (Å²) >= 11 is 0. The fourth-order valence-corrected chi connectivity index (χ4v) is 1.03. The van der Waals surface area contributed by atoms with Crippen LogP contribution in [0.1, 0.15) is 5.89 Å². The first-order chi connectivity index (χ1) is 6.84. The molecule has 0 aliphatic rings. The average molecular weight is 190 g/mol. The third kappa shape index (κ3) is 2.04. The van der Waals surface area contributed by atoms with Crippen LogP contribution < -0.4 is 10.5 Å². The van der Waals surface area contributed by atoms with Crippen LogP contribution in [0.4, 0.5) is 5.69 Å². The van der Waals surface area contributed by atoms with Crippen molar-refractivity contribution in [3.63, 3.8) is 0 Å². The number of oxazole rings is 1. The summed E-state index contributed by atoms with van der Waals surface area (Å²) in [5.41, 5.74) is 6.25. The fraction of sp³-hybridized carbons (Fsp3) is 0.100. The molecule has 0 bridgehead atoms. The summed E-state index contributed by atoms with van der Waals surface area (Å²) in [6.07, 6.45) is 3.10. The van der Waals surface area contributed by atoms with E-state index in [2.05, 4.69) is 4.98 Å². The van der Waals surface area contributed by atoms with Gasteiger partial charge in [-0.05, 0) is 24.3 Å². The van der Waals surface area contributed by atoms with Crippen molar-refractivity contribution in [3.8, 4) is 5.75 Å². The highest BCUT2D eigenvalue weighted by Crippen LogP contribution is 2.14. The van der Waals surface area contributed by atoms with Crippen LogP contribution >= 0.6 is 0 Å². The number of nitrogens with two attached hydrogens (primary N) is 1. The molecule has 2 N–H and O–H groups in total. The van der Waals surface area contributed by atoms with E-state index >= 15 is 0 Å². The van der Waals surface area contributed by atoms with Crippen molar-refractivity contribution < 1.29 is 9.15 Å². The Hall–Kier alpha value is -1.97. The monoisotopic (exact) mass is 190 g/mol. The van der Waals surface area contributed by atoms with E-state index in [-0.39, 0.29) is 0 Å². The summed E-state index contributed by atoms with van der Waals surface area (Å²) < 4.78 is 10.4. The van der Waals surface area contributed by atoms with E-state index in [4.69, 9.17) is 14.9 Å². The lowest BCUT2D eigenvalue weighted by molar-refractivity contribution is 0.263. The predicted octanol–water partition coefficient (Wildman–Crippen LogP) is 1.84. The molecule has 4 nitrogen and oxygen atoms in total. The number of hydrogen-bond donors (Lipinski definition) is 1. The van der Waals surface area contributed by atoms with E-state index in [9.17, 15) is 0 Å². The highest BCUT2D eigenvalue weighted by Gasteiger charge is 1.98. The topological polar surface area (TPSA) is 61.3 Å². The van der Waals surface area contributed by atoms with Gasteiger partial charge in [-0.25, -0.2) is 4.98 Å². The Balaban J connectivity index is 1.95. The van der Waals surface area contributed by atoms with Gasteiger partial charge < -0.3 is 14.9 Å². The number of anilines is 1. The molecule has 0 fully saturated rings. The number of nitrogen functional groups attached to an aromatic ring is 1. The second-order valence-electron chi connectivity index (χ2n) is 2.78. The smallest absolute Gasteiger partial charge is 0.232 e. The van der Waals surface area contributed by atoms with Crippen LogP contribution in [0.2, 0.25) is 0 Å². The van der Waals surface area contributed by atoms with Gasteiger partial charge in [0.1, 0.15) is 12.0 Å². The number of ether oxygens (including phenoxy) is 1. The van der Waals surface area contributed by atoms with Crippen molar-refractivity contribution in [2.75, 3.05) is 5.73 Å². The molecule has 0 saturated heterocycles. The van der Waals surface area contributed by atoms with Crippen LogP contribution in [0, 0.1) is 0 Å². The molecule has 14 heavy (non-hydrogen) atoms.